The largest absolute Gasteiger partial charge is 0.269 e. The average molecular weight is 739 g/mol. The standard InChI is InChI=1S/C38H8F10N6/c1-52-26(13-50)23-11-22(16-5-18(9-20(40)7-16)29-34(45)36(47)38(54-3)37(48)35(29)46)24(27(14-51)53-2)10-21(23)15-4-17(8-19(39)6-15)28-32(43)30(41)25(12-49)31(42)33(28)44/h4-11H/b26-23+,27-24-. The van der Waals surface area contributed by atoms with Gasteiger partial charge < -0.3 is 0 Å². The molecule has 5 rings (SSSR count). The first-order valence-electron chi connectivity index (χ1n) is 14.3. The SMILES string of the molecule is [C-]#[N+]/C(C#N)=c1/cc(-c2cc(F)cc(-c3c(F)c(F)c(C#N)c(F)c3F)c2)/c(=C(\C#N)[N+]#[C-])cc1-c1cc(F)cc(-c2c(F)c(F)c([N+]#[C-])c(F)c2F)c1. The Morgan fingerprint density at radius 1 is 0.463 bits per heavy atom. The summed E-state index contributed by atoms with van der Waals surface area (Å²) in [6, 6.07) is 9.53. The third-order valence-electron chi connectivity index (χ3n) is 7.83. The van der Waals surface area contributed by atoms with Crippen LogP contribution in [0.4, 0.5) is 49.6 Å². The van der Waals surface area contributed by atoms with Gasteiger partial charge in [0.25, 0.3) is 17.1 Å². The molecule has 0 radical (unpaired) electrons. The van der Waals surface area contributed by atoms with E-state index >= 15 is 26.3 Å². The zero-order valence-electron chi connectivity index (χ0n) is 26.1. The topological polar surface area (TPSA) is 84.4 Å². The summed E-state index contributed by atoms with van der Waals surface area (Å²) in [6.07, 6.45) is 0. The van der Waals surface area contributed by atoms with Gasteiger partial charge in [-0.2, -0.15) is 5.26 Å². The molecule has 6 nitrogen and oxygen atoms in total. The highest BCUT2D eigenvalue weighted by atomic mass is 19.2. The first kappa shape index (κ1) is 37.3. The average Bonchev–Trinajstić information content (AvgIpc) is 3.14. The summed E-state index contributed by atoms with van der Waals surface area (Å²) in [5, 5.41) is 27.6. The van der Waals surface area contributed by atoms with E-state index in [1.165, 1.54) is 12.1 Å². The molecule has 0 heterocycles. The third-order valence-corrected chi connectivity index (χ3v) is 7.83. The zero-order valence-corrected chi connectivity index (χ0v) is 26.1. The van der Waals surface area contributed by atoms with Crippen LogP contribution in [-0.2, 0) is 0 Å². The maximum atomic E-state index is 15.2. The van der Waals surface area contributed by atoms with Crippen LogP contribution in [-0.4, -0.2) is 0 Å². The van der Waals surface area contributed by atoms with Crippen molar-refractivity contribution in [3.63, 3.8) is 0 Å². The number of nitrogens with zero attached hydrogens (tertiary/aromatic N) is 6. The Bertz CT molecular complexity index is 2630. The first-order valence-corrected chi connectivity index (χ1v) is 14.3. The van der Waals surface area contributed by atoms with E-state index in [0.717, 1.165) is 30.3 Å². The minimum Gasteiger partial charge on any atom is -0.232 e. The monoisotopic (exact) mass is 738 g/mol. The molecule has 5 aromatic carbocycles. The van der Waals surface area contributed by atoms with E-state index in [1.807, 2.05) is 0 Å². The Morgan fingerprint density at radius 3 is 1.13 bits per heavy atom. The minimum atomic E-state index is -2.11. The Balaban J connectivity index is 1.93. The molecular weight excluding hydrogens is 730 g/mol. The van der Waals surface area contributed by atoms with Crippen LogP contribution in [0.25, 0.3) is 70.4 Å². The molecule has 260 valence electrons. The number of benzene rings is 5. The Hall–Kier alpha value is -7.92. The molecule has 0 aliphatic carbocycles. The molecule has 16 heteroatoms. The van der Waals surface area contributed by atoms with Gasteiger partial charge in [-0.25, -0.2) is 69.0 Å². The second-order valence-corrected chi connectivity index (χ2v) is 10.8. The number of nitriles is 3. The highest BCUT2D eigenvalue weighted by Crippen LogP contribution is 2.38. The summed E-state index contributed by atoms with van der Waals surface area (Å²) in [5.74, 6) is -19.4. The fourth-order valence-electron chi connectivity index (χ4n) is 5.49. The van der Waals surface area contributed by atoms with Crippen molar-refractivity contribution in [2.24, 2.45) is 0 Å². The molecule has 0 spiro atoms. The Labute approximate surface area is 296 Å². The Kier molecular flexibility index (Phi) is 9.93. The molecule has 0 saturated carbocycles. The number of halogens is 10. The first-order chi connectivity index (χ1) is 25.7. The van der Waals surface area contributed by atoms with Crippen LogP contribution in [0.15, 0.2) is 48.5 Å². The van der Waals surface area contributed by atoms with Crippen LogP contribution in [0.5, 0.6) is 0 Å². The van der Waals surface area contributed by atoms with Crippen LogP contribution in [0.1, 0.15) is 5.56 Å². The van der Waals surface area contributed by atoms with Gasteiger partial charge in [0.15, 0.2) is 46.5 Å². The van der Waals surface area contributed by atoms with E-state index in [4.69, 9.17) is 25.0 Å². The summed E-state index contributed by atoms with van der Waals surface area (Å²) < 4.78 is 149. The van der Waals surface area contributed by atoms with Crippen molar-refractivity contribution in [2.45, 2.75) is 0 Å². The highest BCUT2D eigenvalue weighted by Gasteiger charge is 2.29. The molecule has 0 saturated heterocycles. The van der Waals surface area contributed by atoms with Gasteiger partial charge in [-0.15, -0.1) is 0 Å². The molecular formula is C38H8F10N6. The molecule has 0 fully saturated rings. The molecule has 0 aliphatic rings. The van der Waals surface area contributed by atoms with Crippen LogP contribution < -0.4 is 10.4 Å². The van der Waals surface area contributed by atoms with E-state index < -0.39 is 136 Å². The molecule has 0 unspecified atom stereocenters. The molecule has 54 heavy (non-hydrogen) atoms. The quantitative estimate of drug-likeness (QED) is 0.105. The van der Waals surface area contributed by atoms with Gasteiger partial charge in [-0.1, -0.05) is 12.1 Å². The second kappa shape index (κ2) is 14.4. The van der Waals surface area contributed by atoms with Crippen LogP contribution >= 0.6 is 0 Å². The van der Waals surface area contributed by atoms with Crippen LogP contribution in [0.3, 0.4) is 0 Å². The number of rotatable bonds is 4. The maximum absolute atomic E-state index is 15.2. The lowest BCUT2D eigenvalue weighted by Crippen LogP contribution is -2.19. The summed E-state index contributed by atoms with van der Waals surface area (Å²) in [7, 11) is 0. The number of hydrogen-bond donors (Lipinski definition) is 0. The molecule has 0 bridgehead atoms. The molecule has 0 amide bonds. The normalized spacial score (nSPS) is 11.6. The smallest absolute Gasteiger partial charge is 0.232 e. The maximum Gasteiger partial charge on any atom is 0.269 e. The second-order valence-electron chi connectivity index (χ2n) is 10.8. The van der Waals surface area contributed by atoms with E-state index in [0.29, 0.717) is 24.3 Å². The van der Waals surface area contributed by atoms with Gasteiger partial charge in [0.2, 0.25) is 0 Å². The van der Waals surface area contributed by atoms with E-state index in [2.05, 4.69) is 14.5 Å². The lowest BCUT2D eigenvalue weighted by Gasteiger charge is -2.15. The molecule has 0 atom stereocenters. The molecule has 0 N–H and O–H groups in total. The van der Waals surface area contributed by atoms with Crippen molar-refractivity contribution >= 4 is 17.1 Å². The van der Waals surface area contributed by atoms with Gasteiger partial charge >= 0.3 is 0 Å². The number of hydrogen-bond acceptors (Lipinski definition) is 3. The van der Waals surface area contributed by atoms with Gasteiger partial charge in [0.1, 0.15) is 23.3 Å². The van der Waals surface area contributed by atoms with Crippen LogP contribution in [0, 0.1) is 112 Å². The van der Waals surface area contributed by atoms with Crippen LogP contribution in [0.2, 0.25) is 0 Å². The fraction of sp³-hybridized carbons (Fsp3) is 0. The van der Waals surface area contributed by atoms with E-state index in [9.17, 15) is 28.1 Å². The van der Waals surface area contributed by atoms with Gasteiger partial charge in [-0.05, 0) is 80.2 Å². The third kappa shape index (κ3) is 6.07. The van der Waals surface area contributed by atoms with Gasteiger partial charge in [0.05, 0.1) is 43.0 Å². The lowest BCUT2D eigenvalue weighted by molar-refractivity contribution is 0.454. The van der Waals surface area contributed by atoms with Crippen molar-refractivity contribution in [3.05, 3.63) is 157 Å². The van der Waals surface area contributed by atoms with E-state index in [1.54, 1.807) is 0 Å². The molecule has 0 aromatic heterocycles. The fourth-order valence-corrected chi connectivity index (χ4v) is 5.49. The van der Waals surface area contributed by atoms with Crippen molar-refractivity contribution < 1.29 is 43.9 Å². The summed E-state index contributed by atoms with van der Waals surface area (Å²) >= 11 is 0. The lowest BCUT2D eigenvalue weighted by atomic mass is 9.91. The molecule has 0 aliphatic heterocycles. The van der Waals surface area contributed by atoms with Crippen molar-refractivity contribution in [3.8, 4) is 62.7 Å². The van der Waals surface area contributed by atoms with Crippen molar-refractivity contribution in [1.82, 2.24) is 0 Å². The summed E-state index contributed by atoms with van der Waals surface area (Å²) in [4.78, 5) is 8.56. The van der Waals surface area contributed by atoms with Crippen molar-refractivity contribution in [2.75, 3.05) is 0 Å². The Morgan fingerprint density at radius 2 is 0.815 bits per heavy atom. The van der Waals surface area contributed by atoms with Gasteiger partial charge in [0, 0.05) is 0 Å². The minimum absolute atomic E-state index is 0.428. The van der Waals surface area contributed by atoms with E-state index in [-0.39, 0.29) is 0 Å². The summed E-state index contributed by atoms with van der Waals surface area (Å²) in [5.41, 5.74) is -11.3. The zero-order chi connectivity index (χ0) is 39.8. The highest BCUT2D eigenvalue weighted by molar-refractivity contribution is 5.85. The summed E-state index contributed by atoms with van der Waals surface area (Å²) in [6.45, 7) is 21.9. The van der Waals surface area contributed by atoms with Gasteiger partial charge in [-0.3, -0.25) is 0 Å². The molecule has 5 aromatic rings. The van der Waals surface area contributed by atoms with Crippen molar-refractivity contribution in [1.29, 1.82) is 15.8 Å². The predicted octanol–water partition coefficient (Wildman–Crippen LogP) is 9.27. The predicted molar refractivity (Wildman–Crippen MR) is 169 cm³/mol.